The Morgan fingerprint density at radius 2 is 2.17 bits per heavy atom. The second-order valence-electron chi connectivity index (χ2n) is 4.21. The summed E-state index contributed by atoms with van der Waals surface area (Å²) in [4.78, 5) is 15.7. The minimum absolute atomic E-state index is 0.0499. The number of nitrogens with one attached hydrogen (secondary N) is 1. The average molecular weight is 244 g/mol. The van der Waals surface area contributed by atoms with Crippen LogP contribution in [0.1, 0.15) is 17.3 Å². The molecular weight excluding hydrogens is 228 g/mol. The summed E-state index contributed by atoms with van der Waals surface area (Å²) in [6, 6.07) is 7.63. The first-order chi connectivity index (χ1) is 8.63. The highest BCUT2D eigenvalue weighted by Crippen LogP contribution is 2.26. The fourth-order valence-electron chi connectivity index (χ4n) is 1.79. The molecule has 94 valence electrons. The van der Waals surface area contributed by atoms with Gasteiger partial charge in [0.2, 0.25) is 0 Å². The highest BCUT2D eigenvalue weighted by molar-refractivity contribution is 6.06. The average Bonchev–Trinajstić information content (AvgIpc) is 2.38. The summed E-state index contributed by atoms with van der Waals surface area (Å²) in [6.45, 7) is 2.41. The molecule has 18 heavy (non-hydrogen) atoms. The summed E-state index contributed by atoms with van der Waals surface area (Å²) >= 11 is 0. The number of fused-ring (bicyclic) bond motifs is 1. The van der Waals surface area contributed by atoms with Crippen LogP contribution in [0.25, 0.3) is 10.9 Å². The van der Waals surface area contributed by atoms with Gasteiger partial charge < -0.3 is 16.8 Å². The third kappa shape index (κ3) is 2.26. The number of pyridine rings is 1. The molecule has 2 rings (SSSR count). The Balaban J connectivity index is 2.62. The number of primary amides is 1. The van der Waals surface area contributed by atoms with Crippen molar-refractivity contribution in [3.8, 4) is 0 Å². The van der Waals surface area contributed by atoms with Crippen molar-refractivity contribution in [2.24, 2.45) is 11.5 Å². The smallest absolute Gasteiger partial charge is 0.252 e. The molecule has 1 unspecified atom stereocenters. The molecule has 0 bridgehead atoms. The normalized spacial score (nSPS) is 12.3. The van der Waals surface area contributed by atoms with Crippen molar-refractivity contribution in [1.82, 2.24) is 4.98 Å². The molecule has 1 aromatic carbocycles. The summed E-state index contributed by atoms with van der Waals surface area (Å²) in [5.41, 5.74) is 12.9. The predicted octanol–water partition coefficient (Wildman–Crippen LogP) is 1.09. The number of para-hydroxylation sites is 1. The Morgan fingerprint density at radius 3 is 2.83 bits per heavy atom. The van der Waals surface area contributed by atoms with Crippen molar-refractivity contribution < 1.29 is 4.79 Å². The maximum Gasteiger partial charge on any atom is 0.252 e. The molecule has 0 saturated heterocycles. The highest BCUT2D eigenvalue weighted by Gasteiger charge is 2.14. The van der Waals surface area contributed by atoms with E-state index in [4.69, 9.17) is 11.5 Å². The lowest BCUT2D eigenvalue weighted by atomic mass is 10.1. The van der Waals surface area contributed by atoms with E-state index in [2.05, 4.69) is 10.3 Å². The van der Waals surface area contributed by atoms with Crippen LogP contribution in [0.2, 0.25) is 0 Å². The number of nitrogens with zero attached hydrogens (tertiary/aromatic N) is 1. The number of anilines is 1. The molecule has 0 aliphatic rings. The standard InChI is InChI=1S/C13H16N4O/c1-8(6-14)17-12-9-4-2-3-5-11(9)16-7-10(12)13(15)18/h2-5,7-8H,6,14H2,1H3,(H2,15,18)(H,16,17). The van der Waals surface area contributed by atoms with Gasteiger partial charge in [-0.1, -0.05) is 18.2 Å². The lowest BCUT2D eigenvalue weighted by Gasteiger charge is -2.17. The molecule has 0 spiro atoms. The van der Waals surface area contributed by atoms with Crippen LogP contribution in [0, 0.1) is 0 Å². The van der Waals surface area contributed by atoms with Crippen LogP contribution in [0.3, 0.4) is 0 Å². The van der Waals surface area contributed by atoms with Crippen molar-refractivity contribution in [2.45, 2.75) is 13.0 Å². The Hall–Kier alpha value is -2.14. The van der Waals surface area contributed by atoms with Gasteiger partial charge in [-0.05, 0) is 13.0 Å². The van der Waals surface area contributed by atoms with Crippen molar-refractivity contribution in [3.63, 3.8) is 0 Å². The third-order valence-electron chi connectivity index (χ3n) is 2.79. The molecule has 5 nitrogen and oxygen atoms in total. The number of nitrogens with two attached hydrogens (primary N) is 2. The fraction of sp³-hybridized carbons (Fsp3) is 0.231. The van der Waals surface area contributed by atoms with E-state index in [9.17, 15) is 4.79 Å². The fourth-order valence-corrected chi connectivity index (χ4v) is 1.79. The molecule has 0 radical (unpaired) electrons. The van der Waals surface area contributed by atoms with E-state index in [0.29, 0.717) is 17.8 Å². The first-order valence-electron chi connectivity index (χ1n) is 5.77. The molecule has 0 aliphatic heterocycles. The zero-order chi connectivity index (χ0) is 13.1. The lowest BCUT2D eigenvalue weighted by Crippen LogP contribution is -2.27. The molecule has 5 heteroatoms. The number of carbonyl (C=O) groups excluding carboxylic acids is 1. The van der Waals surface area contributed by atoms with Gasteiger partial charge in [0.25, 0.3) is 5.91 Å². The molecule has 2 aromatic rings. The van der Waals surface area contributed by atoms with Gasteiger partial charge >= 0.3 is 0 Å². The van der Waals surface area contributed by atoms with Gasteiger partial charge in [-0.3, -0.25) is 9.78 Å². The Morgan fingerprint density at radius 1 is 1.44 bits per heavy atom. The van der Waals surface area contributed by atoms with Crippen LogP contribution in [-0.4, -0.2) is 23.5 Å². The van der Waals surface area contributed by atoms with Crippen molar-refractivity contribution in [3.05, 3.63) is 36.0 Å². The quantitative estimate of drug-likeness (QED) is 0.750. The van der Waals surface area contributed by atoms with E-state index in [0.717, 1.165) is 10.9 Å². The minimum atomic E-state index is -0.500. The molecule has 1 atom stereocenters. The first kappa shape index (κ1) is 12.3. The number of benzene rings is 1. The third-order valence-corrected chi connectivity index (χ3v) is 2.79. The molecule has 1 aromatic heterocycles. The molecule has 0 fully saturated rings. The highest BCUT2D eigenvalue weighted by atomic mass is 16.1. The SMILES string of the molecule is CC(CN)Nc1c(C(N)=O)cnc2ccccc12. The van der Waals surface area contributed by atoms with Crippen LogP contribution >= 0.6 is 0 Å². The van der Waals surface area contributed by atoms with Crippen molar-refractivity contribution >= 4 is 22.5 Å². The molecule has 5 N–H and O–H groups in total. The maximum absolute atomic E-state index is 11.4. The predicted molar refractivity (Wildman–Crippen MR) is 72.4 cm³/mol. The van der Waals surface area contributed by atoms with E-state index < -0.39 is 5.91 Å². The van der Waals surface area contributed by atoms with Gasteiger partial charge in [0.1, 0.15) is 0 Å². The van der Waals surface area contributed by atoms with Crippen LogP contribution in [0.5, 0.6) is 0 Å². The summed E-state index contributed by atoms with van der Waals surface area (Å²) in [5, 5.41) is 4.09. The van der Waals surface area contributed by atoms with Crippen LogP contribution in [0.4, 0.5) is 5.69 Å². The molecule has 1 heterocycles. The van der Waals surface area contributed by atoms with Crippen molar-refractivity contribution in [1.29, 1.82) is 0 Å². The van der Waals surface area contributed by atoms with E-state index in [1.54, 1.807) is 0 Å². The van der Waals surface area contributed by atoms with Crippen LogP contribution in [0.15, 0.2) is 30.5 Å². The Labute approximate surface area is 105 Å². The zero-order valence-corrected chi connectivity index (χ0v) is 10.2. The first-order valence-corrected chi connectivity index (χ1v) is 5.77. The summed E-state index contributed by atoms with van der Waals surface area (Å²) in [5.74, 6) is -0.500. The number of rotatable bonds is 4. The number of aromatic nitrogens is 1. The van der Waals surface area contributed by atoms with Gasteiger partial charge in [0.05, 0.1) is 16.8 Å². The zero-order valence-electron chi connectivity index (χ0n) is 10.2. The molecule has 1 amide bonds. The summed E-state index contributed by atoms with van der Waals surface area (Å²) < 4.78 is 0. The summed E-state index contributed by atoms with van der Waals surface area (Å²) in [6.07, 6.45) is 1.50. The largest absolute Gasteiger partial charge is 0.380 e. The van der Waals surface area contributed by atoms with Crippen LogP contribution < -0.4 is 16.8 Å². The van der Waals surface area contributed by atoms with Gasteiger partial charge in [-0.25, -0.2) is 0 Å². The number of hydrogen-bond donors (Lipinski definition) is 3. The minimum Gasteiger partial charge on any atom is -0.380 e. The summed E-state index contributed by atoms with van der Waals surface area (Å²) in [7, 11) is 0. The van der Waals surface area contributed by atoms with E-state index in [1.165, 1.54) is 6.20 Å². The number of carbonyl (C=O) groups is 1. The molecular formula is C13H16N4O. The second-order valence-corrected chi connectivity index (χ2v) is 4.21. The monoisotopic (exact) mass is 244 g/mol. The van der Waals surface area contributed by atoms with E-state index in [1.807, 2.05) is 31.2 Å². The Bertz CT molecular complexity index is 582. The topological polar surface area (TPSA) is 94.0 Å². The van der Waals surface area contributed by atoms with E-state index in [-0.39, 0.29) is 6.04 Å². The Kier molecular flexibility index (Phi) is 3.43. The van der Waals surface area contributed by atoms with Gasteiger partial charge in [0, 0.05) is 24.2 Å². The lowest BCUT2D eigenvalue weighted by molar-refractivity contribution is 0.100. The van der Waals surface area contributed by atoms with Gasteiger partial charge in [0.15, 0.2) is 0 Å². The van der Waals surface area contributed by atoms with Crippen LogP contribution in [-0.2, 0) is 0 Å². The maximum atomic E-state index is 11.4. The number of amides is 1. The molecule has 0 aliphatic carbocycles. The van der Waals surface area contributed by atoms with Gasteiger partial charge in [-0.15, -0.1) is 0 Å². The van der Waals surface area contributed by atoms with E-state index >= 15 is 0 Å². The number of hydrogen-bond acceptors (Lipinski definition) is 4. The second kappa shape index (κ2) is 5.01. The molecule has 0 saturated carbocycles. The van der Waals surface area contributed by atoms with Crippen molar-refractivity contribution in [2.75, 3.05) is 11.9 Å². The van der Waals surface area contributed by atoms with Gasteiger partial charge in [-0.2, -0.15) is 0 Å².